The third-order valence-electron chi connectivity index (χ3n) is 3.56. The van der Waals surface area contributed by atoms with Crippen LogP contribution in [0.15, 0.2) is 58.3 Å². The second-order valence-corrected chi connectivity index (χ2v) is 7.76. The van der Waals surface area contributed by atoms with Gasteiger partial charge >= 0.3 is 0 Å². The van der Waals surface area contributed by atoms with Gasteiger partial charge in [0.15, 0.2) is 0 Å². The van der Waals surface area contributed by atoms with E-state index < -0.39 is 10.0 Å². The van der Waals surface area contributed by atoms with E-state index in [4.69, 9.17) is 0 Å². The molecule has 0 amide bonds. The molecule has 3 nitrogen and oxygen atoms in total. The van der Waals surface area contributed by atoms with E-state index in [1.165, 1.54) is 0 Å². The number of nitrogens with one attached hydrogen (secondary N) is 1. The lowest BCUT2D eigenvalue weighted by Crippen LogP contribution is -2.28. The van der Waals surface area contributed by atoms with E-state index in [1.54, 1.807) is 23.9 Å². The highest BCUT2D eigenvalue weighted by Gasteiger charge is 2.20. The van der Waals surface area contributed by atoms with Crippen molar-refractivity contribution in [1.82, 2.24) is 4.72 Å². The van der Waals surface area contributed by atoms with Gasteiger partial charge in [-0.25, -0.2) is 13.1 Å². The topological polar surface area (TPSA) is 46.2 Å². The molecule has 0 saturated heterocycles. The molecule has 22 heavy (non-hydrogen) atoms. The van der Waals surface area contributed by atoms with E-state index in [1.807, 2.05) is 56.5 Å². The maximum Gasteiger partial charge on any atom is 0.241 e. The Labute approximate surface area is 137 Å². The predicted molar refractivity (Wildman–Crippen MR) is 92.8 cm³/mol. The highest BCUT2D eigenvalue weighted by atomic mass is 32.2. The highest BCUT2D eigenvalue weighted by molar-refractivity contribution is 7.98. The fraction of sp³-hybridized carbons (Fsp3) is 0.294. The van der Waals surface area contributed by atoms with E-state index in [-0.39, 0.29) is 6.04 Å². The molecule has 0 fully saturated rings. The normalized spacial score (nSPS) is 13.0. The van der Waals surface area contributed by atoms with E-state index in [0.717, 1.165) is 16.0 Å². The largest absolute Gasteiger partial charge is 0.241 e. The minimum Gasteiger partial charge on any atom is -0.207 e. The second-order valence-electron chi connectivity index (χ2n) is 5.17. The Bertz CT molecular complexity index is 707. The fourth-order valence-electron chi connectivity index (χ4n) is 2.20. The molecule has 0 radical (unpaired) electrons. The first kappa shape index (κ1) is 17.1. The molecule has 2 rings (SSSR count). The van der Waals surface area contributed by atoms with Gasteiger partial charge in [-0.3, -0.25) is 0 Å². The molecular formula is C17H21NO2S2. The summed E-state index contributed by atoms with van der Waals surface area (Å²) in [5.74, 6) is 0. The zero-order chi connectivity index (χ0) is 16.2. The number of hydrogen-bond acceptors (Lipinski definition) is 3. The van der Waals surface area contributed by atoms with Crippen LogP contribution in [-0.4, -0.2) is 14.7 Å². The molecule has 1 N–H and O–H groups in total. The van der Waals surface area contributed by atoms with E-state index >= 15 is 0 Å². The molecule has 2 aromatic carbocycles. The molecule has 1 atom stereocenters. The fourth-order valence-corrected chi connectivity index (χ4v) is 3.91. The Hall–Kier alpha value is -1.30. The molecule has 0 saturated carbocycles. The van der Waals surface area contributed by atoms with Crippen molar-refractivity contribution >= 4 is 21.8 Å². The Morgan fingerprint density at radius 1 is 1.05 bits per heavy atom. The number of benzene rings is 2. The average Bonchev–Trinajstić information content (AvgIpc) is 2.53. The number of aryl methyl sites for hydroxylation is 1. The van der Waals surface area contributed by atoms with Crippen molar-refractivity contribution in [1.29, 1.82) is 0 Å². The zero-order valence-corrected chi connectivity index (χ0v) is 14.7. The van der Waals surface area contributed by atoms with E-state index in [9.17, 15) is 8.42 Å². The van der Waals surface area contributed by atoms with Crippen molar-refractivity contribution in [2.75, 3.05) is 6.26 Å². The molecule has 0 spiro atoms. The van der Waals surface area contributed by atoms with Crippen molar-refractivity contribution in [2.45, 2.75) is 36.1 Å². The number of sulfonamides is 1. The quantitative estimate of drug-likeness (QED) is 0.807. The number of rotatable bonds is 6. The van der Waals surface area contributed by atoms with Crippen molar-refractivity contribution in [3.8, 4) is 0 Å². The van der Waals surface area contributed by atoms with E-state index in [2.05, 4.69) is 4.72 Å². The summed E-state index contributed by atoms with van der Waals surface area (Å²) in [7, 11) is -3.51. The van der Waals surface area contributed by atoms with Crippen LogP contribution >= 0.6 is 11.8 Å². The summed E-state index contributed by atoms with van der Waals surface area (Å²) in [6.45, 7) is 3.99. The minimum atomic E-state index is -3.51. The first-order chi connectivity index (χ1) is 10.5. The molecule has 0 aliphatic rings. The summed E-state index contributed by atoms with van der Waals surface area (Å²) < 4.78 is 27.8. The molecule has 0 aliphatic carbocycles. The first-order valence-electron chi connectivity index (χ1n) is 7.19. The Morgan fingerprint density at radius 2 is 1.64 bits per heavy atom. The van der Waals surface area contributed by atoms with Gasteiger partial charge in [0.05, 0.1) is 4.90 Å². The third-order valence-corrected chi connectivity index (χ3v) is 5.79. The summed E-state index contributed by atoms with van der Waals surface area (Å²) >= 11 is 1.59. The van der Waals surface area contributed by atoms with Gasteiger partial charge in [-0.2, -0.15) is 0 Å². The Morgan fingerprint density at radius 3 is 2.14 bits per heavy atom. The van der Waals surface area contributed by atoms with Gasteiger partial charge in [-0.1, -0.05) is 36.8 Å². The summed E-state index contributed by atoms with van der Waals surface area (Å²) in [6.07, 6.45) is 2.66. The third kappa shape index (κ3) is 4.12. The standard InChI is InChI=1S/C17H21NO2S2/c1-4-17(14-7-5-13(2)6-8-14)18-22(19,20)16-11-9-15(21-3)10-12-16/h5-12,17-18H,4H2,1-3H3/t17-/m0/s1. The molecular weight excluding hydrogens is 314 g/mol. The Kier molecular flexibility index (Phi) is 5.67. The minimum absolute atomic E-state index is 0.217. The van der Waals surface area contributed by atoms with Crippen LogP contribution in [0.3, 0.4) is 0 Å². The SMILES string of the molecule is CC[C@H](NS(=O)(=O)c1ccc(SC)cc1)c1ccc(C)cc1. The van der Waals surface area contributed by atoms with Crippen LogP contribution in [0.25, 0.3) is 0 Å². The van der Waals surface area contributed by atoms with Crippen molar-refractivity contribution < 1.29 is 8.42 Å². The summed E-state index contributed by atoms with van der Waals surface area (Å²) in [5.41, 5.74) is 2.14. The smallest absolute Gasteiger partial charge is 0.207 e. The number of thioether (sulfide) groups is 1. The highest BCUT2D eigenvalue weighted by Crippen LogP contribution is 2.22. The van der Waals surface area contributed by atoms with Gasteiger partial charge < -0.3 is 0 Å². The van der Waals surface area contributed by atoms with E-state index in [0.29, 0.717) is 11.3 Å². The lowest BCUT2D eigenvalue weighted by Gasteiger charge is -2.18. The van der Waals surface area contributed by atoms with Crippen LogP contribution in [0.2, 0.25) is 0 Å². The predicted octanol–water partition coefficient (Wildman–Crippen LogP) is 4.15. The molecule has 0 aromatic heterocycles. The monoisotopic (exact) mass is 335 g/mol. The molecule has 2 aromatic rings. The van der Waals surface area contributed by atoms with Crippen LogP contribution in [-0.2, 0) is 10.0 Å². The maximum atomic E-state index is 12.5. The lowest BCUT2D eigenvalue weighted by atomic mass is 10.0. The maximum absolute atomic E-state index is 12.5. The molecule has 0 heterocycles. The average molecular weight is 335 g/mol. The van der Waals surface area contributed by atoms with Crippen LogP contribution in [0, 0.1) is 6.92 Å². The van der Waals surface area contributed by atoms with Gasteiger partial charge in [0.2, 0.25) is 10.0 Å². The van der Waals surface area contributed by atoms with Crippen molar-refractivity contribution in [3.63, 3.8) is 0 Å². The van der Waals surface area contributed by atoms with Crippen molar-refractivity contribution in [3.05, 3.63) is 59.7 Å². The van der Waals surface area contributed by atoms with Gasteiger partial charge in [0.25, 0.3) is 0 Å². The van der Waals surface area contributed by atoms with Crippen molar-refractivity contribution in [2.24, 2.45) is 0 Å². The van der Waals surface area contributed by atoms with Gasteiger partial charge in [-0.15, -0.1) is 11.8 Å². The summed E-state index contributed by atoms with van der Waals surface area (Å²) in [6, 6.07) is 14.7. The van der Waals surface area contributed by atoms with Gasteiger partial charge in [-0.05, 0) is 49.4 Å². The van der Waals surface area contributed by atoms with Gasteiger partial charge in [0.1, 0.15) is 0 Å². The molecule has 118 valence electrons. The van der Waals surface area contributed by atoms with Gasteiger partial charge in [0, 0.05) is 10.9 Å². The van der Waals surface area contributed by atoms with Crippen LogP contribution in [0.1, 0.15) is 30.5 Å². The first-order valence-corrected chi connectivity index (χ1v) is 9.90. The lowest BCUT2D eigenvalue weighted by molar-refractivity contribution is 0.550. The molecule has 5 heteroatoms. The molecule has 0 bridgehead atoms. The van der Waals surface area contributed by atoms with Crippen LogP contribution < -0.4 is 4.72 Å². The Balaban J connectivity index is 2.23. The summed E-state index contributed by atoms with van der Waals surface area (Å²) in [4.78, 5) is 1.35. The number of hydrogen-bond donors (Lipinski definition) is 1. The summed E-state index contributed by atoms with van der Waals surface area (Å²) in [5, 5.41) is 0. The van der Waals surface area contributed by atoms with Crippen LogP contribution in [0.4, 0.5) is 0 Å². The second kappa shape index (κ2) is 7.31. The van der Waals surface area contributed by atoms with Crippen LogP contribution in [0.5, 0.6) is 0 Å². The molecule has 0 unspecified atom stereocenters. The molecule has 0 aliphatic heterocycles. The zero-order valence-electron chi connectivity index (χ0n) is 13.0.